The van der Waals surface area contributed by atoms with Gasteiger partial charge in [-0.15, -0.1) is 11.6 Å². The fraction of sp³-hybridized carbons (Fsp3) is 0.857. The van der Waals surface area contributed by atoms with E-state index in [-0.39, 0.29) is 0 Å². The molecule has 0 aromatic carbocycles. The fourth-order valence-electron chi connectivity index (χ4n) is 0.828. The van der Waals surface area contributed by atoms with Crippen LogP contribution in [0.1, 0.15) is 20.3 Å². The molecule has 90 valence electrons. The summed E-state index contributed by atoms with van der Waals surface area (Å²) in [6, 6.07) is 0. The van der Waals surface area contributed by atoms with Crippen LogP contribution in [0.4, 0.5) is 4.79 Å². The van der Waals surface area contributed by atoms with Gasteiger partial charge in [-0.25, -0.2) is 9.52 Å². The van der Waals surface area contributed by atoms with Crippen LogP contribution in [0, 0.1) is 0 Å². The van der Waals surface area contributed by atoms with Gasteiger partial charge in [0.05, 0.1) is 7.11 Å². The molecule has 0 saturated carbocycles. The molecule has 2 N–H and O–H groups in total. The third kappa shape index (κ3) is 6.53. The molecule has 0 fully saturated rings. The van der Waals surface area contributed by atoms with Crippen molar-refractivity contribution in [3.63, 3.8) is 0 Å². The number of nitrogens with one attached hydrogen (secondary N) is 2. The standard InChI is InChI=1S/C7H15ClN2O4S/c1-7(2,4-5-8)10-15(12,13)9-6(11)14-3/h10H,4-5H2,1-3H3,(H,9,11). The number of hydrogen-bond acceptors (Lipinski definition) is 4. The molecule has 0 rings (SSSR count). The summed E-state index contributed by atoms with van der Waals surface area (Å²) in [5.74, 6) is 0.313. The first-order valence-corrected chi connectivity index (χ1v) is 6.20. The van der Waals surface area contributed by atoms with E-state index < -0.39 is 21.8 Å². The lowest BCUT2D eigenvalue weighted by molar-refractivity contribution is 0.177. The molecule has 0 radical (unpaired) electrons. The molecule has 0 aromatic heterocycles. The molecule has 0 aromatic rings. The zero-order valence-corrected chi connectivity index (χ0v) is 10.4. The van der Waals surface area contributed by atoms with Gasteiger partial charge in [-0.3, -0.25) is 0 Å². The van der Waals surface area contributed by atoms with Gasteiger partial charge in [-0.05, 0) is 20.3 Å². The maximum atomic E-state index is 11.3. The summed E-state index contributed by atoms with van der Waals surface area (Å²) in [5, 5.41) is 0. The van der Waals surface area contributed by atoms with Gasteiger partial charge in [0.15, 0.2) is 0 Å². The second kappa shape index (κ2) is 5.53. The van der Waals surface area contributed by atoms with Gasteiger partial charge in [0.2, 0.25) is 0 Å². The van der Waals surface area contributed by atoms with Crippen molar-refractivity contribution < 1.29 is 17.9 Å². The number of carbonyl (C=O) groups excluding carboxylic acids is 1. The predicted molar refractivity (Wildman–Crippen MR) is 57.0 cm³/mol. The SMILES string of the molecule is COC(=O)NS(=O)(=O)NC(C)(C)CCCl. The molecule has 0 atom stereocenters. The molecule has 6 nitrogen and oxygen atoms in total. The molecule has 8 heteroatoms. The monoisotopic (exact) mass is 258 g/mol. The van der Waals surface area contributed by atoms with E-state index in [2.05, 4.69) is 9.46 Å². The highest BCUT2D eigenvalue weighted by Crippen LogP contribution is 2.10. The van der Waals surface area contributed by atoms with Crippen molar-refractivity contribution in [2.24, 2.45) is 0 Å². The van der Waals surface area contributed by atoms with Crippen molar-refractivity contribution in [2.45, 2.75) is 25.8 Å². The van der Waals surface area contributed by atoms with E-state index >= 15 is 0 Å². The Morgan fingerprint density at radius 3 is 2.40 bits per heavy atom. The second-order valence-corrected chi connectivity index (χ2v) is 5.32. The Morgan fingerprint density at radius 1 is 1.47 bits per heavy atom. The lowest BCUT2D eigenvalue weighted by atomic mass is 10.0. The van der Waals surface area contributed by atoms with Gasteiger partial charge in [0.25, 0.3) is 0 Å². The van der Waals surface area contributed by atoms with Gasteiger partial charge in [0, 0.05) is 11.4 Å². The van der Waals surface area contributed by atoms with Gasteiger partial charge in [0.1, 0.15) is 0 Å². The van der Waals surface area contributed by atoms with E-state index in [1.165, 1.54) is 0 Å². The summed E-state index contributed by atoms with van der Waals surface area (Å²) >= 11 is 5.50. The molecule has 0 aliphatic rings. The predicted octanol–water partition coefficient (Wildman–Crippen LogP) is 0.584. The third-order valence-corrected chi connectivity index (χ3v) is 2.98. The molecule has 15 heavy (non-hydrogen) atoms. The van der Waals surface area contributed by atoms with E-state index in [0.29, 0.717) is 12.3 Å². The zero-order chi connectivity index (χ0) is 12.1. The maximum Gasteiger partial charge on any atom is 0.421 e. The lowest BCUT2D eigenvalue weighted by Crippen LogP contribution is -2.50. The van der Waals surface area contributed by atoms with Crippen molar-refractivity contribution in [1.29, 1.82) is 0 Å². The molecule has 0 aliphatic heterocycles. The number of halogens is 1. The van der Waals surface area contributed by atoms with E-state index in [0.717, 1.165) is 7.11 Å². The quantitative estimate of drug-likeness (QED) is 0.707. The van der Waals surface area contributed by atoms with Crippen LogP contribution < -0.4 is 9.44 Å². The molecule has 0 heterocycles. The summed E-state index contributed by atoms with van der Waals surface area (Å²) in [4.78, 5) is 10.7. The zero-order valence-electron chi connectivity index (χ0n) is 8.83. The first-order chi connectivity index (χ1) is 6.72. The Labute approximate surface area is 94.5 Å². The van der Waals surface area contributed by atoms with E-state index in [9.17, 15) is 13.2 Å². The summed E-state index contributed by atoms with van der Waals surface area (Å²) in [6.45, 7) is 3.32. The number of methoxy groups -OCH3 is 1. The smallest absolute Gasteiger partial charge is 0.421 e. The average Bonchev–Trinajstić information content (AvgIpc) is 2.00. The summed E-state index contributed by atoms with van der Waals surface area (Å²) in [7, 11) is -2.83. The Morgan fingerprint density at radius 2 is 2.00 bits per heavy atom. The summed E-state index contributed by atoms with van der Waals surface area (Å²) in [5.41, 5.74) is -0.721. The average molecular weight is 259 g/mol. The number of carbonyl (C=O) groups is 1. The summed E-state index contributed by atoms with van der Waals surface area (Å²) in [6.07, 6.45) is -0.597. The minimum Gasteiger partial charge on any atom is -0.452 e. The van der Waals surface area contributed by atoms with Gasteiger partial charge < -0.3 is 4.74 Å². The van der Waals surface area contributed by atoms with Crippen molar-refractivity contribution in [2.75, 3.05) is 13.0 Å². The molecular weight excluding hydrogens is 244 g/mol. The van der Waals surface area contributed by atoms with Crippen molar-refractivity contribution in [3.05, 3.63) is 0 Å². The molecule has 0 saturated heterocycles. The van der Waals surface area contributed by atoms with Crippen LogP contribution in [0.25, 0.3) is 0 Å². The number of hydrogen-bond donors (Lipinski definition) is 2. The van der Waals surface area contributed by atoms with E-state index in [1.807, 2.05) is 0 Å². The van der Waals surface area contributed by atoms with Gasteiger partial charge in [-0.1, -0.05) is 0 Å². The first kappa shape index (κ1) is 14.5. The van der Waals surface area contributed by atoms with Gasteiger partial charge >= 0.3 is 16.3 Å². The van der Waals surface area contributed by atoms with Crippen molar-refractivity contribution >= 4 is 27.9 Å². The maximum absolute atomic E-state index is 11.3. The molecule has 0 unspecified atom stereocenters. The Bertz CT molecular complexity index is 315. The fourth-order valence-corrected chi connectivity index (χ4v) is 2.48. The van der Waals surface area contributed by atoms with Crippen LogP contribution in [0.2, 0.25) is 0 Å². The molecule has 1 amide bonds. The Hall–Kier alpha value is -0.530. The number of amides is 1. The summed E-state index contributed by atoms with van der Waals surface area (Å²) < 4.78 is 30.8. The van der Waals surface area contributed by atoms with Crippen molar-refractivity contribution in [3.8, 4) is 0 Å². The topological polar surface area (TPSA) is 84.5 Å². The molecule has 0 aliphatic carbocycles. The highest BCUT2D eigenvalue weighted by Gasteiger charge is 2.25. The van der Waals surface area contributed by atoms with Crippen LogP contribution in [0.5, 0.6) is 0 Å². The van der Waals surface area contributed by atoms with E-state index in [4.69, 9.17) is 11.6 Å². The highest BCUT2D eigenvalue weighted by atomic mass is 35.5. The molecular formula is C7H15ClN2O4S. The Kier molecular flexibility index (Phi) is 5.33. The first-order valence-electron chi connectivity index (χ1n) is 4.18. The van der Waals surface area contributed by atoms with Crippen LogP contribution in [0.15, 0.2) is 0 Å². The molecule has 0 bridgehead atoms. The number of ether oxygens (including phenoxy) is 1. The van der Waals surface area contributed by atoms with E-state index in [1.54, 1.807) is 18.6 Å². The number of rotatable bonds is 5. The minimum atomic E-state index is -3.91. The Balaban J connectivity index is 4.44. The van der Waals surface area contributed by atoms with Gasteiger partial charge in [-0.2, -0.15) is 13.1 Å². The third-order valence-electron chi connectivity index (χ3n) is 1.53. The minimum absolute atomic E-state index is 0.313. The van der Waals surface area contributed by atoms with Crippen LogP contribution in [-0.2, 0) is 14.9 Å². The highest BCUT2D eigenvalue weighted by molar-refractivity contribution is 7.88. The van der Waals surface area contributed by atoms with Crippen LogP contribution in [-0.4, -0.2) is 33.0 Å². The second-order valence-electron chi connectivity index (χ2n) is 3.52. The molecule has 0 spiro atoms. The van der Waals surface area contributed by atoms with Crippen molar-refractivity contribution in [1.82, 2.24) is 9.44 Å². The largest absolute Gasteiger partial charge is 0.452 e. The number of alkyl halides is 1. The van der Waals surface area contributed by atoms with Crippen LogP contribution in [0.3, 0.4) is 0 Å². The normalized spacial score (nSPS) is 12.3. The van der Waals surface area contributed by atoms with Crippen LogP contribution >= 0.6 is 11.6 Å². The lowest BCUT2D eigenvalue weighted by Gasteiger charge is -2.24.